The van der Waals surface area contributed by atoms with Crippen LogP contribution in [0.4, 0.5) is 0 Å². The molecular formula is C37H47BrN4O6. The van der Waals surface area contributed by atoms with E-state index >= 15 is 0 Å². The number of cyclic esters (lactones) is 1. The molecule has 0 radical (unpaired) electrons. The molecule has 0 fully saturated rings. The number of halogens is 1. The molecule has 11 heteroatoms. The number of H-pyrrole nitrogens is 1. The number of amides is 3. The Balaban J connectivity index is 1.76. The number of nitrogens with zero attached hydrogens (tertiary/aromatic N) is 1. The van der Waals surface area contributed by atoms with Crippen molar-refractivity contribution in [3.05, 3.63) is 75.9 Å². The summed E-state index contributed by atoms with van der Waals surface area (Å²) in [6, 6.07) is 11.3. The average molecular weight is 724 g/mol. The van der Waals surface area contributed by atoms with Crippen molar-refractivity contribution in [2.24, 2.45) is 11.8 Å². The number of benzene rings is 2. The third-order valence-electron chi connectivity index (χ3n) is 8.96. The van der Waals surface area contributed by atoms with E-state index in [4.69, 9.17) is 4.74 Å². The number of hydrogen-bond acceptors (Lipinski definition) is 6. The first-order chi connectivity index (χ1) is 22.8. The molecule has 1 aromatic heterocycles. The quantitative estimate of drug-likeness (QED) is 0.190. The van der Waals surface area contributed by atoms with Crippen LogP contribution in [0.2, 0.25) is 0 Å². The number of rotatable bonds is 4. The van der Waals surface area contributed by atoms with Gasteiger partial charge < -0.3 is 30.4 Å². The molecule has 258 valence electrons. The first-order valence-electron chi connectivity index (χ1n) is 16.6. The molecule has 2 aromatic carbocycles. The van der Waals surface area contributed by atoms with Crippen LogP contribution in [-0.2, 0) is 30.3 Å². The zero-order valence-electron chi connectivity index (χ0n) is 28.5. The van der Waals surface area contributed by atoms with Crippen molar-refractivity contribution in [1.29, 1.82) is 0 Å². The molecule has 4 rings (SSSR count). The third kappa shape index (κ3) is 9.27. The second-order valence-corrected chi connectivity index (χ2v) is 13.9. The molecule has 48 heavy (non-hydrogen) atoms. The second kappa shape index (κ2) is 16.3. The highest BCUT2D eigenvalue weighted by Gasteiger charge is 2.35. The zero-order valence-corrected chi connectivity index (χ0v) is 30.1. The van der Waals surface area contributed by atoms with Crippen LogP contribution in [0.5, 0.6) is 5.75 Å². The van der Waals surface area contributed by atoms with Gasteiger partial charge in [0.25, 0.3) is 0 Å². The van der Waals surface area contributed by atoms with Crippen molar-refractivity contribution in [2.45, 2.75) is 91.0 Å². The van der Waals surface area contributed by atoms with E-state index in [9.17, 15) is 24.3 Å². The van der Waals surface area contributed by atoms with Gasteiger partial charge in [0.2, 0.25) is 17.7 Å². The maximum atomic E-state index is 14.4. The largest absolute Gasteiger partial charge is 0.508 e. The molecule has 3 amide bonds. The number of esters is 1. The van der Waals surface area contributed by atoms with Crippen molar-refractivity contribution in [1.82, 2.24) is 20.5 Å². The Morgan fingerprint density at radius 3 is 2.33 bits per heavy atom. The molecule has 6 atom stereocenters. The topological polar surface area (TPSA) is 141 Å². The van der Waals surface area contributed by atoms with Crippen LogP contribution in [0.3, 0.4) is 0 Å². The number of aromatic amines is 1. The summed E-state index contributed by atoms with van der Waals surface area (Å²) in [5.74, 6) is -1.86. The molecule has 3 aromatic rings. The van der Waals surface area contributed by atoms with Gasteiger partial charge in [0.05, 0.1) is 23.2 Å². The van der Waals surface area contributed by atoms with Gasteiger partial charge in [0.15, 0.2) is 0 Å². The number of ether oxygens (including phenoxy) is 1. The summed E-state index contributed by atoms with van der Waals surface area (Å²) >= 11 is 3.61. The van der Waals surface area contributed by atoms with Gasteiger partial charge in [-0.25, -0.2) is 0 Å². The minimum Gasteiger partial charge on any atom is -0.508 e. The minimum absolute atomic E-state index is 0.0454. The zero-order chi connectivity index (χ0) is 35.1. The highest BCUT2D eigenvalue weighted by molar-refractivity contribution is 9.10. The van der Waals surface area contributed by atoms with Crippen LogP contribution in [0.25, 0.3) is 10.9 Å². The highest BCUT2D eigenvalue weighted by atomic mass is 79.9. The normalized spacial score (nSPS) is 26.8. The standard InChI is InChI=1S/C37H47BrN4O6/c1-7-29-37(47)42(6)32(19-28-27-10-8-9-11-30(27)39-34(28)38)36(46)41-31(25-12-14-26(43)15-13-25)20-33(44)48-24(5)18-22(3)16-21(2)17-23(4)35(45)40-29/h8-16,22-24,29,31-32,39,43H,7,17-20H2,1-6H3,(H,40,45)(H,41,46)/b21-16+/t22-,23-,24-,29-,31+,32+/m0/s1. The Hall–Kier alpha value is -4.12. The number of likely N-dealkylation sites (N-methyl/N-ethyl adjacent to an activating group) is 1. The molecule has 10 nitrogen and oxygen atoms in total. The Kier molecular flexibility index (Phi) is 12.5. The summed E-state index contributed by atoms with van der Waals surface area (Å²) in [6.45, 7) is 9.50. The fourth-order valence-electron chi connectivity index (χ4n) is 6.45. The van der Waals surface area contributed by atoms with Gasteiger partial charge in [-0.2, -0.15) is 0 Å². The summed E-state index contributed by atoms with van der Waals surface area (Å²) in [6.07, 6.45) is 3.11. The van der Waals surface area contributed by atoms with Crippen LogP contribution in [-0.4, -0.2) is 63.9 Å². The van der Waals surface area contributed by atoms with E-state index in [1.54, 1.807) is 19.2 Å². The van der Waals surface area contributed by atoms with Crippen LogP contribution in [0, 0.1) is 11.8 Å². The van der Waals surface area contributed by atoms with E-state index in [1.807, 2.05) is 58.9 Å². The average Bonchev–Trinajstić information content (AvgIpc) is 3.35. The Morgan fingerprint density at radius 2 is 1.65 bits per heavy atom. The Bertz CT molecular complexity index is 1650. The molecule has 2 heterocycles. The first-order valence-corrected chi connectivity index (χ1v) is 17.3. The lowest BCUT2D eigenvalue weighted by Crippen LogP contribution is -2.55. The number of carbonyl (C=O) groups is 4. The number of allylic oxidation sites excluding steroid dienone is 2. The number of phenols is 1. The molecule has 0 saturated carbocycles. The van der Waals surface area contributed by atoms with E-state index in [1.165, 1.54) is 17.0 Å². The SMILES string of the molecule is CC[C@@H]1NC(=O)[C@@H](C)C/C(C)=C/[C@H](C)C[C@H](C)OC(=O)C[C@H](c2ccc(O)cc2)NC(=O)[C@@H](Cc2c(Br)[nH]c3ccccc23)N(C)C1=O. The predicted octanol–water partition coefficient (Wildman–Crippen LogP) is 6.09. The number of phenolic OH excluding ortho intramolecular Hbond substituents is 1. The maximum Gasteiger partial charge on any atom is 0.308 e. The van der Waals surface area contributed by atoms with Crippen molar-refractivity contribution >= 4 is 50.5 Å². The third-order valence-corrected chi connectivity index (χ3v) is 9.64. The number of aromatic hydroxyl groups is 1. The number of para-hydroxylation sites is 1. The van der Waals surface area contributed by atoms with Crippen LogP contribution < -0.4 is 10.6 Å². The monoisotopic (exact) mass is 722 g/mol. The second-order valence-electron chi connectivity index (χ2n) is 13.1. The number of nitrogens with one attached hydrogen (secondary N) is 3. The lowest BCUT2D eigenvalue weighted by Gasteiger charge is -2.32. The molecular weight excluding hydrogens is 676 g/mol. The van der Waals surface area contributed by atoms with Crippen LogP contribution >= 0.6 is 15.9 Å². The molecule has 1 aliphatic rings. The summed E-state index contributed by atoms with van der Waals surface area (Å²) in [5.41, 5.74) is 3.30. The predicted molar refractivity (Wildman–Crippen MR) is 189 cm³/mol. The Morgan fingerprint density at radius 1 is 0.958 bits per heavy atom. The molecule has 0 saturated heterocycles. The molecule has 1 aliphatic heterocycles. The van der Waals surface area contributed by atoms with E-state index in [0.29, 0.717) is 29.4 Å². The molecule has 4 N–H and O–H groups in total. The fourth-order valence-corrected chi connectivity index (χ4v) is 7.04. The first kappa shape index (κ1) is 36.7. The van der Waals surface area contributed by atoms with E-state index in [2.05, 4.69) is 37.6 Å². The van der Waals surface area contributed by atoms with Gasteiger partial charge in [0.1, 0.15) is 17.8 Å². The van der Waals surface area contributed by atoms with E-state index in [-0.39, 0.29) is 36.3 Å². The fraction of sp³-hybridized carbons (Fsp3) is 0.459. The number of fused-ring (bicyclic) bond motifs is 1. The van der Waals surface area contributed by atoms with Gasteiger partial charge in [-0.3, -0.25) is 19.2 Å². The van der Waals surface area contributed by atoms with Gasteiger partial charge in [-0.1, -0.05) is 62.8 Å². The van der Waals surface area contributed by atoms with Gasteiger partial charge >= 0.3 is 5.97 Å². The number of hydrogen-bond donors (Lipinski definition) is 4. The molecule has 0 spiro atoms. The van der Waals surface area contributed by atoms with Crippen molar-refractivity contribution < 1.29 is 29.0 Å². The lowest BCUT2D eigenvalue weighted by molar-refractivity contribution is -0.150. The smallest absolute Gasteiger partial charge is 0.308 e. The summed E-state index contributed by atoms with van der Waals surface area (Å²) in [7, 11) is 1.57. The highest BCUT2D eigenvalue weighted by Crippen LogP contribution is 2.30. The van der Waals surface area contributed by atoms with Gasteiger partial charge in [-0.15, -0.1) is 0 Å². The van der Waals surface area contributed by atoms with Crippen molar-refractivity contribution in [3.63, 3.8) is 0 Å². The lowest BCUT2D eigenvalue weighted by atomic mass is 9.95. The van der Waals surface area contributed by atoms with E-state index in [0.717, 1.165) is 22.0 Å². The van der Waals surface area contributed by atoms with Crippen molar-refractivity contribution in [2.75, 3.05) is 7.05 Å². The van der Waals surface area contributed by atoms with Gasteiger partial charge in [-0.05, 0) is 84.3 Å². The molecule has 0 unspecified atom stereocenters. The number of carbonyl (C=O) groups excluding carboxylic acids is 4. The van der Waals surface area contributed by atoms with Crippen LogP contribution in [0.1, 0.15) is 77.5 Å². The van der Waals surface area contributed by atoms with Crippen molar-refractivity contribution in [3.8, 4) is 5.75 Å². The van der Waals surface area contributed by atoms with E-state index < -0.39 is 42.0 Å². The minimum atomic E-state index is -1.01. The van der Waals surface area contributed by atoms with Gasteiger partial charge in [0, 0.05) is 30.3 Å². The molecule has 0 aliphatic carbocycles. The summed E-state index contributed by atoms with van der Waals surface area (Å²) in [5, 5.41) is 16.8. The Labute approximate surface area is 290 Å². The maximum absolute atomic E-state index is 14.4. The summed E-state index contributed by atoms with van der Waals surface area (Å²) < 4.78 is 6.49. The van der Waals surface area contributed by atoms with Crippen LogP contribution in [0.15, 0.2) is 64.8 Å². The molecule has 0 bridgehead atoms. The number of aromatic nitrogens is 1. The summed E-state index contributed by atoms with van der Waals surface area (Å²) in [4.78, 5) is 59.8.